The van der Waals surface area contributed by atoms with Crippen LogP contribution in [0.2, 0.25) is 10.0 Å². The van der Waals surface area contributed by atoms with Crippen LogP contribution in [0.1, 0.15) is 13.3 Å². The van der Waals surface area contributed by atoms with Crippen molar-refractivity contribution < 1.29 is 9.00 Å². The van der Waals surface area contributed by atoms with Crippen molar-refractivity contribution in [1.82, 2.24) is 4.98 Å². The second kappa shape index (κ2) is 8.96. The minimum absolute atomic E-state index is 0.0551. The number of fused-ring (bicyclic) bond motifs is 1. The summed E-state index contributed by atoms with van der Waals surface area (Å²) < 4.78 is 15.7. The molecule has 3 rings (SSSR count). The summed E-state index contributed by atoms with van der Waals surface area (Å²) in [6, 6.07) is 10.4. The quantitative estimate of drug-likeness (QED) is 0.512. The van der Waals surface area contributed by atoms with Crippen molar-refractivity contribution in [2.24, 2.45) is 5.73 Å². The molecule has 0 aliphatic heterocycles. The Labute approximate surface area is 175 Å². The van der Waals surface area contributed by atoms with Crippen molar-refractivity contribution in [1.29, 1.82) is 0 Å². The molecule has 0 spiro atoms. The number of carbonyl (C=O) groups is 1. The average molecular weight is 439 g/mol. The molecule has 1 unspecified atom stereocenters. The number of amides is 1. The summed E-state index contributed by atoms with van der Waals surface area (Å²) in [4.78, 5) is 17.3. The first-order chi connectivity index (χ1) is 13.5. The van der Waals surface area contributed by atoms with Crippen molar-refractivity contribution >= 4 is 62.4 Å². The summed E-state index contributed by atoms with van der Waals surface area (Å²) in [5, 5.41) is 1.69. The van der Waals surface area contributed by atoms with Gasteiger partial charge in [-0.3, -0.25) is 9.52 Å². The molecule has 1 heterocycles. The molecular weight excluding hydrogens is 419 g/mol. The number of H-pyrrole nitrogens is 1. The van der Waals surface area contributed by atoms with E-state index in [-0.39, 0.29) is 12.5 Å². The second-order valence-corrected chi connectivity index (χ2v) is 8.12. The lowest BCUT2D eigenvalue weighted by Gasteiger charge is -2.21. The van der Waals surface area contributed by atoms with E-state index in [1.165, 1.54) is 0 Å². The van der Waals surface area contributed by atoms with Gasteiger partial charge < -0.3 is 15.6 Å². The van der Waals surface area contributed by atoms with Crippen LogP contribution in [0.25, 0.3) is 10.9 Å². The Balaban J connectivity index is 1.82. The van der Waals surface area contributed by atoms with Gasteiger partial charge in [-0.1, -0.05) is 30.1 Å². The van der Waals surface area contributed by atoms with E-state index in [9.17, 15) is 9.00 Å². The van der Waals surface area contributed by atoms with E-state index in [2.05, 4.69) is 9.71 Å². The first kappa shape index (κ1) is 20.7. The second-order valence-electron chi connectivity index (χ2n) is 6.10. The van der Waals surface area contributed by atoms with Gasteiger partial charge in [0.2, 0.25) is 5.91 Å². The predicted molar refractivity (Wildman–Crippen MR) is 116 cm³/mol. The summed E-state index contributed by atoms with van der Waals surface area (Å²) in [6.07, 6.45) is 2.45. The van der Waals surface area contributed by atoms with Gasteiger partial charge in [0, 0.05) is 23.8 Å². The third-order valence-electron chi connectivity index (χ3n) is 4.22. The maximum Gasteiger partial charge on any atom is 0.240 e. The number of nitrogens with two attached hydrogens (primary N) is 1. The molecule has 0 bridgehead atoms. The first-order valence-corrected chi connectivity index (χ1v) is 10.6. The van der Waals surface area contributed by atoms with Crippen molar-refractivity contribution in [3.8, 4) is 0 Å². The topological polar surface area (TPSA) is 91.2 Å². The zero-order chi connectivity index (χ0) is 20.3. The van der Waals surface area contributed by atoms with Gasteiger partial charge in [-0.15, -0.1) is 0 Å². The van der Waals surface area contributed by atoms with Crippen LogP contribution in [0.4, 0.5) is 11.4 Å². The number of anilines is 2. The summed E-state index contributed by atoms with van der Waals surface area (Å²) in [5.41, 5.74) is 7.53. The number of hydrogen-bond acceptors (Lipinski definition) is 3. The highest BCUT2D eigenvalue weighted by molar-refractivity contribution is 7.86. The Hall–Kier alpha value is -2.06. The molecule has 0 aliphatic rings. The molecule has 2 aromatic carbocycles. The third kappa shape index (κ3) is 4.17. The van der Waals surface area contributed by atoms with Gasteiger partial charge in [0.05, 0.1) is 32.7 Å². The smallest absolute Gasteiger partial charge is 0.240 e. The Morgan fingerprint density at radius 3 is 2.54 bits per heavy atom. The van der Waals surface area contributed by atoms with Crippen LogP contribution in [0, 0.1) is 0 Å². The number of rotatable bonds is 7. The molecule has 9 heteroatoms. The average Bonchev–Trinajstić information content (AvgIpc) is 3.10. The molecule has 0 radical (unpaired) electrons. The molecule has 1 aromatic heterocycles. The van der Waals surface area contributed by atoms with Crippen molar-refractivity contribution in [3.05, 3.63) is 52.6 Å². The SMILES string of the molecule is CCCN(C(=O)CN)c1ccc(S(=O)Nc2ccc(Cl)c3c(Cl)c[nH]c23)cc1. The molecule has 4 N–H and O–H groups in total. The van der Waals surface area contributed by atoms with Crippen LogP contribution in [-0.4, -0.2) is 28.2 Å². The van der Waals surface area contributed by atoms with E-state index >= 15 is 0 Å². The van der Waals surface area contributed by atoms with Crippen molar-refractivity contribution in [2.45, 2.75) is 18.2 Å². The van der Waals surface area contributed by atoms with E-state index < -0.39 is 11.0 Å². The molecule has 1 atom stereocenters. The molecular formula is C19H20Cl2N4O2S. The summed E-state index contributed by atoms with van der Waals surface area (Å²) in [5.74, 6) is -0.152. The fourth-order valence-electron chi connectivity index (χ4n) is 2.89. The standard InChI is InChI=1S/C19H20Cl2N4O2S/c1-2-9-25(17(26)10-22)12-3-5-13(6-4-12)28(27)24-16-8-7-14(20)18-15(21)11-23-19(16)18/h3-8,11,23-24H,2,9-10,22H2,1H3. The summed E-state index contributed by atoms with van der Waals surface area (Å²) in [6.45, 7) is 2.51. The number of nitrogens with zero attached hydrogens (tertiary/aromatic N) is 1. The number of nitrogens with one attached hydrogen (secondary N) is 2. The Bertz CT molecular complexity index is 1020. The van der Waals surface area contributed by atoms with Gasteiger partial charge in [-0.2, -0.15) is 0 Å². The predicted octanol–water partition coefficient (Wildman–Crippen LogP) is 4.31. The highest BCUT2D eigenvalue weighted by Gasteiger charge is 2.15. The zero-order valence-corrected chi connectivity index (χ0v) is 17.5. The minimum atomic E-state index is -1.51. The van der Waals surface area contributed by atoms with Crippen LogP contribution in [0.5, 0.6) is 0 Å². The first-order valence-electron chi connectivity index (χ1n) is 8.70. The van der Waals surface area contributed by atoms with E-state index in [1.54, 1.807) is 47.5 Å². The fraction of sp³-hybridized carbons (Fsp3) is 0.211. The molecule has 0 aliphatic carbocycles. The lowest BCUT2D eigenvalue weighted by atomic mass is 10.2. The maximum absolute atomic E-state index is 12.8. The van der Waals surface area contributed by atoms with Gasteiger partial charge in [0.1, 0.15) is 11.0 Å². The number of halogens is 2. The van der Waals surface area contributed by atoms with Crippen LogP contribution < -0.4 is 15.4 Å². The van der Waals surface area contributed by atoms with Gasteiger partial charge in [0.25, 0.3) is 0 Å². The molecule has 0 fully saturated rings. The maximum atomic E-state index is 12.8. The Morgan fingerprint density at radius 2 is 1.89 bits per heavy atom. The van der Waals surface area contributed by atoms with Crippen LogP contribution >= 0.6 is 23.2 Å². The number of aromatic nitrogens is 1. The van der Waals surface area contributed by atoms with Gasteiger partial charge in [-0.25, -0.2) is 4.21 Å². The van der Waals surface area contributed by atoms with E-state index in [1.807, 2.05) is 6.92 Å². The number of benzene rings is 2. The largest absolute Gasteiger partial charge is 0.358 e. The summed E-state index contributed by atoms with van der Waals surface area (Å²) in [7, 11) is -1.51. The van der Waals surface area contributed by atoms with Gasteiger partial charge >= 0.3 is 0 Å². The number of aromatic amines is 1. The number of carbonyl (C=O) groups excluding carboxylic acids is 1. The minimum Gasteiger partial charge on any atom is -0.358 e. The Kier molecular flexibility index (Phi) is 6.61. The lowest BCUT2D eigenvalue weighted by molar-refractivity contribution is -0.117. The van der Waals surface area contributed by atoms with E-state index in [0.29, 0.717) is 38.1 Å². The van der Waals surface area contributed by atoms with Crippen LogP contribution in [-0.2, 0) is 15.8 Å². The third-order valence-corrected chi connectivity index (χ3v) is 5.94. The van der Waals surface area contributed by atoms with Gasteiger partial charge in [0.15, 0.2) is 0 Å². The normalized spacial score (nSPS) is 12.1. The highest BCUT2D eigenvalue weighted by Crippen LogP contribution is 2.35. The van der Waals surface area contributed by atoms with E-state index in [4.69, 9.17) is 28.9 Å². The molecule has 148 valence electrons. The summed E-state index contributed by atoms with van der Waals surface area (Å²) >= 11 is 12.3. The van der Waals surface area contributed by atoms with Crippen molar-refractivity contribution in [2.75, 3.05) is 22.7 Å². The molecule has 1 amide bonds. The van der Waals surface area contributed by atoms with E-state index in [0.717, 1.165) is 12.1 Å². The van der Waals surface area contributed by atoms with Gasteiger partial charge in [-0.05, 0) is 42.8 Å². The highest BCUT2D eigenvalue weighted by atomic mass is 35.5. The van der Waals surface area contributed by atoms with Crippen molar-refractivity contribution in [3.63, 3.8) is 0 Å². The monoisotopic (exact) mass is 438 g/mol. The molecule has 0 saturated heterocycles. The van der Waals surface area contributed by atoms with Crippen LogP contribution in [0.15, 0.2) is 47.5 Å². The lowest BCUT2D eigenvalue weighted by Crippen LogP contribution is -2.36. The molecule has 28 heavy (non-hydrogen) atoms. The number of hydrogen-bond donors (Lipinski definition) is 3. The fourth-order valence-corrected chi connectivity index (χ4v) is 4.32. The molecule has 6 nitrogen and oxygen atoms in total. The molecule has 3 aromatic rings. The molecule has 0 saturated carbocycles. The zero-order valence-electron chi connectivity index (χ0n) is 15.2. The Morgan fingerprint density at radius 1 is 1.18 bits per heavy atom. The van der Waals surface area contributed by atoms with Crippen LogP contribution in [0.3, 0.4) is 0 Å².